The number of aromatic nitrogens is 2. The summed E-state index contributed by atoms with van der Waals surface area (Å²) in [7, 11) is -4.40. The molecule has 0 aliphatic carbocycles. The highest BCUT2D eigenvalue weighted by Gasteiger charge is 2.62. The van der Waals surface area contributed by atoms with Crippen molar-refractivity contribution < 1.29 is 50.9 Å². The van der Waals surface area contributed by atoms with Crippen molar-refractivity contribution in [3.8, 4) is 5.75 Å². The Bertz CT molecular complexity index is 1660. The molecule has 0 bridgehead atoms. The van der Waals surface area contributed by atoms with Crippen molar-refractivity contribution in [1.29, 1.82) is 0 Å². The number of nitrogens with one attached hydrogen (secondary N) is 1. The van der Waals surface area contributed by atoms with Crippen LogP contribution in [0.3, 0.4) is 0 Å². The second kappa shape index (κ2) is 15.2. The average Bonchev–Trinajstić information content (AvgIpc) is 3.24. The number of carbonyl (C=O) groups is 2. The van der Waals surface area contributed by atoms with Gasteiger partial charge in [0.2, 0.25) is 6.23 Å². The maximum Gasteiger partial charge on any atom is 0.509 e. The third kappa shape index (κ3) is 9.83. The number of alkyl halides is 2. The molecule has 4 rings (SSSR count). The Balaban J connectivity index is 1.51. The first-order valence-electron chi connectivity index (χ1n) is 14.8. The monoisotopic (exact) mass is 694 g/mol. The Hall–Kier alpha value is -4.37. The van der Waals surface area contributed by atoms with Crippen LogP contribution >= 0.6 is 7.75 Å². The molecular weight excluding hydrogens is 657 g/mol. The normalized spacial score (nSPS) is 20.7. The fourth-order valence-corrected chi connectivity index (χ4v) is 5.97. The van der Waals surface area contributed by atoms with E-state index in [-0.39, 0.29) is 18.2 Å². The van der Waals surface area contributed by atoms with Crippen molar-refractivity contribution in [2.75, 3.05) is 12.3 Å². The fraction of sp³-hybridized carbons (Fsp3) is 0.419. The Morgan fingerprint density at radius 2 is 1.75 bits per heavy atom. The molecule has 3 N–H and O–H groups in total. The lowest BCUT2D eigenvalue weighted by Gasteiger charge is -2.26. The number of nitrogens with two attached hydrogens (primary N) is 1. The van der Waals surface area contributed by atoms with E-state index in [1.165, 1.54) is 39.8 Å². The van der Waals surface area contributed by atoms with Crippen LogP contribution in [-0.2, 0) is 39.4 Å². The zero-order valence-corrected chi connectivity index (χ0v) is 27.5. The highest BCUT2D eigenvalue weighted by atomic mass is 31.2. The van der Waals surface area contributed by atoms with E-state index in [2.05, 4.69) is 10.1 Å². The fourth-order valence-electron chi connectivity index (χ4n) is 4.47. The SMILES string of the molecule is C[C@H](NP(=O)(OCC[C@H]1O[C@@H](n2ccc(N)nc2=O)C(F)(F)[C@@H]1OC(=O)OC(C)(C)C)Oc1ccccc1)C(=O)OCc1ccccc1. The van der Waals surface area contributed by atoms with Gasteiger partial charge in [-0.15, -0.1) is 0 Å². The number of benzene rings is 2. The molecule has 0 spiro atoms. The molecule has 14 nitrogen and oxygen atoms in total. The highest BCUT2D eigenvalue weighted by Crippen LogP contribution is 2.48. The van der Waals surface area contributed by atoms with E-state index in [0.29, 0.717) is 4.57 Å². The summed E-state index contributed by atoms with van der Waals surface area (Å²) in [6.45, 7) is 5.31. The van der Waals surface area contributed by atoms with E-state index >= 15 is 8.78 Å². The van der Waals surface area contributed by atoms with E-state index in [4.69, 9.17) is 33.7 Å². The van der Waals surface area contributed by atoms with Crippen LogP contribution in [-0.4, -0.2) is 58.1 Å². The van der Waals surface area contributed by atoms with Crippen molar-refractivity contribution in [3.63, 3.8) is 0 Å². The molecule has 1 aliphatic heterocycles. The third-order valence-electron chi connectivity index (χ3n) is 6.63. The number of rotatable bonds is 13. The standard InChI is InChI=1S/C31H37F2N4O10P/c1-20(26(38)42-19-21-11-7-5-8-12-21)36-48(41,47-22-13-9-6-10-14-22)43-18-16-23-25(45-29(40)46-30(2,3)4)31(32,33)27(44-23)37-17-15-24(34)35-28(37)39/h5-15,17,20,23,25,27H,16,18-19H2,1-4H3,(H,36,41)(H2,34,35,39)/t20-,23+,25+,27+,48?/m0/s1. The van der Waals surface area contributed by atoms with Gasteiger partial charge in [-0.3, -0.25) is 13.9 Å². The van der Waals surface area contributed by atoms with Crippen LogP contribution in [0.2, 0.25) is 0 Å². The van der Waals surface area contributed by atoms with E-state index in [1.54, 1.807) is 42.5 Å². The van der Waals surface area contributed by atoms with Gasteiger partial charge in [0.05, 0.1) is 6.61 Å². The van der Waals surface area contributed by atoms with Gasteiger partial charge in [-0.05, 0) is 51.5 Å². The summed E-state index contributed by atoms with van der Waals surface area (Å²) in [4.78, 5) is 41.1. The maximum absolute atomic E-state index is 15.8. The summed E-state index contributed by atoms with van der Waals surface area (Å²) < 4.78 is 78.2. The number of para-hydroxylation sites is 1. The van der Waals surface area contributed by atoms with Crippen LogP contribution in [0, 0.1) is 0 Å². The second-order valence-corrected chi connectivity index (χ2v) is 13.4. The van der Waals surface area contributed by atoms with Gasteiger partial charge in [-0.2, -0.15) is 18.9 Å². The number of carbonyl (C=O) groups excluding carboxylic acids is 2. The molecule has 0 amide bonds. The molecule has 0 radical (unpaired) electrons. The zero-order chi connectivity index (χ0) is 35.1. The van der Waals surface area contributed by atoms with Gasteiger partial charge in [-0.1, -0.05) is 48.5 Å². The van der Waals surface area contributed by atoms with Gasteiger partial charge in [0, 0.05) is 12.6 Å². The molecule has 3 aromatic rings. The summed E-state index contributed by atoms with van der Waals surface area (Å²) in [6, 6.07) is 16.7. The van der Waals surface area contributed by atoms with Gasteiger partial charge in [0.15, 0.2) is 6.10 Å². The number of nitrogen functional groups attached to an aromatic ring is 1. The molecule has 1 fully saturated rings. The van der Waals surface area contributed by atoms with E-state index in [0.717, 1.165) is 17.8 Å². The maximum atomic E-state index is 15.8. The van der Waals surface area contributed by atoms with E-state index < -0.39 is 74.6 Å². The molecule has 2 aromatic carbocycles. The van der Waals surface area contributed by atoms with Crippen molar-refractivity contribution >= 4 is 25.7 Å². The van der Waals surface area contributed by atoms with Gasteiger partial charge >= 0.3 is 31.5 Å². The molecule has 1 aliphatic rings. The molecule has 2 heterocycles. The molecule has 48 heavy (non-hydrogen) atoms. The summed E-state index contributed by atoms with van der Waals surface area (Å²) in [5.41, 5.74) is 4.02. The third-order valence-corrected chi connectivity index (χ3v) is 8.31. The quantitative estimate of drug-likeness (QED) is 0.181. The van der Waals surface area contributed by atoms with Gasteiger partial charge < -0.3 is 29.2 Å². The molecule has 5 atom stereocenters. The molecule has 0 saturated carbocycles. The van der Waals surface area contributed by atoms with Crippen LogP contribution in [0.5, 0.6) is 5.75 Å². The first kappa shape index (κ1) is 36.5. The zero-order valence-electron chi connectivity index (χ0n) is 26.6. The van der Waals surface area contributed by atoms with Crippen molar-refractivity contribution in [2.45, 2.75) is 76.7 Å². The number of anilines is 1. The van der Waals surface area contributed by atoms with Crippen LogP contribution in [0.25, 0.3) is 0 Å². The van der Waals surface area contributed by atoms with Crippen molar-refractivity contribution in [3.05, 3.63) is 89.0 Å². The minimum atomic E-state index is -4.40. The summed E-state index contributed by atoms with van der Waals surface area (Å²) in [5.74, 6) is -4.84. The molecular formula is C31H37F2N4O10P. The lowest BCUT2D eigenvalue weighted by atomic mass is 10.1. The molecule has 260 valence electrons. The predicted molar refractivity (Wildman–Crippen MR) is 167 cm³/mol. The number of ether oxygens (including phenoxy) is 4. The van der Waals surface area contributed by atoms with Crippen molar-refractivity contribution in [2.24, 2.45) is 0 Å². The Morgan fingerprint density at radius 3 is 2.38 bits per heavy atom. The smallest absolute Gasteiger partial charge is 0.460 e. The van der Waals surface area contributed by atoms with Gasteiger partial charge in [-0.25, -0.2) is 14.2 Å². The first-order chi connectivity index (χ1) is 22.6. The Kier molecular flexibility index (Phi) is 11.6. The van der Waals surface area contributed by atoms with Crippen LogP contribution < -0.4 is 21.0 Å². The Labute approximate surface area is 275 Å². The molecule has 1 aromatic heterocycles. The van der Waals surface area contributed by atoms with Crippen molar-refractivity contribution in [1.82, 2.24) is 14.6 Å². The number of hydrogen-bond acceptors (Lipinski definition) is 12. The summed E-state index contributed by atoms with van der Waals surface area (Å²) >= 11 is 0. The minimum absolute atomic E-state index is 0.0452. The summed E-state index contributed by atoms with van der Waals surface area (Å²) in [6.07, 6.45) is -7.04. The highest BCUT2D eigenvalue weighted by molar-refractivity contribution is 7.52. The van der Waals surface area contributed by atoms with E-state index in [1.807, 2.05) is 6.07 Å². The topological polar surface area (TPSA) is 180 Å². The number of hydrogen-bond donors (Lipinski definition) is 2. The minimum Gasteiger partial charge on any atom is -0.460 e. The number of nitrogens with zero attached hydrogens (tertiary/aromatic N) is 2. The largest absolute Gasteiger partial charge is 0.509 e. The molecule has 17 heteroatoms. The van der Waals surface area contributed by atoms with Gasteiger partial charge in [0.1, 0.15) is 35.9 Å². The molecule has 1 unspecified atom stereocenters. The molecule has 1 saturated heterocycles. The van der Waals surface area contributed by atoms with Crippen LogP contribution in [0.15, 0.2) is 77.7 Å². The number of esters is 1. The van der Waals surface area contributed by atoms with Crippen LogP contribution in [0.4, 0.5) is 19.4 Å². The Morgan fingerprint density at radius 1 is 1.10 bits per heavy atom. The van der Waals surface area contributed by atoms with Gasteiger partial charge in [0.25, 0.3) is 0 Å². The first-order valence-corrected chi connectivity index (χ1v) is 16.4. The average molecular weight is 695 g/mol. The van der Waals surface area contributed by atoms with E-state index in [9.17, 15) is 18.9 Å². The predicted octanol–water partition coefficient (Wildman–Crippen LogP) is 4.99. The summed E-state index contributed by atoms with van der Waals surface area (Å²) in [5, 5.41) is 2.51. The lowest BCUT2D eigenvalue weighted by molar-refractivity contribution is -0.149. The van der Waals surface area contributed by atoms with Crippen LogP contribution in [0.1, 0.15) is 45.9 Å². The number of halogens is 2. The second-order valence-electron chi connectivity index (χ2n) is 11.7. The lowest BCUT2D eigenvalue weighted by Crippen LogP contribution is -2.44.